The molecular formula is C17H25N5O3. The van der Waals surface area contributed by atoms with Gasteiger partial charge in [0.15, 0.2) is 5.82 Å². The van der Waals surface area contributed by atoms with Gasteiger partial charge in [0.25, 0.3) is 5.91 Å². The van der Waals surface area contributed by atoms with E-state index in [9.17, 15) is 9.59 Å². The normalized spacial score (nSPS) is 21.7. The number of piperidine rings is 1. The number of amides is 2. The molecule has 3 heterocycles. The number of aromatic nitrogens is 2. The summed E-state index contributed by atoms with van der Waals surface area (Å²) in [5, 5.41) is 9.79. The van der Waals surface area contributed by atoms with Gasteiger partial charge in [-0.1, -0.05) is 12.1 Å². The maximum absolute atomic E-state index is 12.9. The molecular weight excluding hydrogens is 322 g/mol. The molecule has 0 unspecified atom stereocenters. The minimum Gasteiger partial charge on any atom is -0.339 e. The molecule has 136 valence electrons. The van der Waals surface area contributed by atoms with Gasteiger partial charge in [-0.3, -0.25) is 9.59 Å². The molecule has 25 heavy (non-hydrogen) atoms. The van der Waals surface area contributed by atoms with Crippen LogP contribution in [0.15, 0.2) is 9.62 Å². The Hall–Kier alpha value is -2.25. The van der Waals surface area contributed by atoms with Crippen molar-refractivity contribution in [2.24, 2.45) is 5.10 Å². The van der Waals surface area contributed by atoms with Crippen LogP contribution in [0.1, 0.15) is 64.1 Å². The maximum atomic E-state index is 12.9. The molecule has 0 saturated carbocycles. The zero-order valence-electron chi connectivity index (χ0n) is 15.1. The lowest BCUT2D eigenvalue weighted by Gasteiger charge is -2.33. The number of aryl methyl sites for hydroxylation is 1. The van der Waals surface area contributed by atoms with Crippen LogP contribution in [0.5, 0.6) is 0 Å². The number of carbonyl (C=O) groups is 2. The Labute approximate surface area is 147 Å². The van der Waals surface area contributed by atoms with Gasteiger partial charge in [0.1, 0.15) is 5.71 Å². The van der Waals surface area contributed by atoms with Crippen LogP contribution in [0, 0.1) is 0 Å². The summed E-state index contributed by atoms with van der Waals surface area (Å²) in [5.41, 5.74) is 0.469. The number of hydrogen-bond donors (Lipinski definition) is 0. The van der Waals surface area contributed by atoms with Gasteiger partial charge in [0.2, 0.25) is 11.8 Å². The van der Waals surface area contributed by atoms with Crippen LogP contribution in [0.2, 0.25) is 0 Å². The fourth-order valence-electron chi connectivity index (χ4n) is 3.26. The molecule has 0 aromatic carbocycles. The maximum Gasteiger partial charge on any atom is 0.270 e. The summed E-state index contributed by atoms with van der Waals surface area (Å²) < 4.78 is 5.20. The van der Waals surface area contributed by atoms with Crippen LogP contribution in [0.4, 0.5) is 0 Å². The molecule has 1 atom stereocenters. The molecule has 0 radical (unpaired) electrons. The topological polar surface area (TPSA) is 91.9 Å². The predicted molar refractivity (Wildman–Crippen MR) is 90.9 cm³/mol. The van der Waals surface area contributed by atoms with Gasteiger partial charge in [-0.2, -0.15) is 10.1 Å². The minimum atomic E-state index is -0.0814. The summed E-state index contributed by atoms with van der Waals surface area (Å²) in [5.74, 6) is 1.29. The lowest BCUT2D eigenvalue weighted by Crippen LogP contribution is -2.46. The van der Waals surface area contributed by atoms with E-state index in [0.717, 1.165) is 12.8 Å². The van der Waals surface area contributed by atoms with Gasteiger partial charge in [0.05, 0.1) is 0 Å². The van der Waals surface area contributed by atoms with Gasteiger partial charge in [-0.25, -0.2) is 5.01 Å². The summed E-state index contributed by atoms with van der Waals surface area (Å²) in [6.07, 6.45) is 3.29. The molecule has 1 saturated heterocycles. The minimum absolute atomic E-state index is 0.0260. The van der Waals surface area contributed by atoms with Crippen molar-refractivity contribution in [2.45, 2.75) is 64.8 Å². The van der Waals surface area contributed by atoms with E-state index < -0.39 is 0 Å². The van der Waals surface area contributed by atoms with E-state index >= 15 is 0 Å². The van der Waals surface area contributed by atoms with E-state index in [1.54, 1.807) is 0 Å². The first kappa shape index (κ1) is 17.6. The van der Waals surface area contributed by atoms with Crippen molar-refractivity contribution < 1.29 is 14.1 Å². The molecule has 2 amide bonds. The summed E-state index contributed by atoms with van der Waals surface area (Å²) in [4.78, 5) is 31.0. The zero-order valence-corrected chi connectivity index (χ0v) is 15.1. The molecule has 0 spiro atoms. The van der Waals surface area contributed by atoms with Crippen molar-refractivity contribution in [1.29, 1.82) is 0 Å². The SMILES string of the molecule is CCc1nc([C@H]2CCCN(C(=O)C3=NN(C(C)C)C(=O)CC3)C2)no1. The average Bonchev–Trinajstić information content (AvgIpc) is 3.10. The fourth-order valence-corrected chi connectivity index (χ4v) is 3.26. The van der Waals surface area contributed by atoms with Crippen LogP contribution < -0.4 is 0 Å². The molecule has 2 aliphatic rings. The zero-order chi connectivity index (χ0) is 18.0. The smallest absolute Gasteiger partial charge is 0.270 e. The van der Waals surface area contributed by atoms with E-state index in [2.05, 4.69) is 15.2 Å². The van der Waals surface area contributed by atoms with Crippen molar-refractivity contribution in [1.82, 2.24) is 20.0 Å². The molecule has 3 rings (SSSR count). The third kappa shape index (κ3) is 3.72. The monoisotopic (exact) mass is 347 g/mol. The average molecular weight is 347 g/mol. The quantitative estimate of drug-likeness (QED) is 0.827. The molecule has 1 aromatic rings. The van der Waals surface area contributed by atoms with Gasteiger partial charge < -0.3 is 9.42 Å². The number of nitrogens with zero attached hydrogens (tertiary/aromatic N) is 5. The molecule has 1 aromatic heterocycles. The number of hydrogen-bond acceptors (Lipinski definition) is 6. The second kappa shape index (κ2) is 7.33. The highest BCUT2D eigenvalue weighted by Gasteiger charge is 2.32. The van der Waals surface area contributed by atoms with Crippen LogP contribution in [-0.4, -0.2) is 56.7 Å². The van der Waals surface area contributed by atoms with Crippen molar-refractivity contribution in [3.8, 4) is 0 Å². The first-order chi connectivity index (χ1) is 12.0. The van der Waals surface area contributed by atoms with Crippen molar-refractivity contribution in [3.05, 3.63) is 11.7 Å². The largest absolute Gasteiger partial charge is 0.339 e. The van der Waals surface area contributed by atoms with E-state index in [1.165, 1.54) is 5.01 Å². The lowest BCUT2D eigenvalue weighted by atomic mass is 9.96. The molecule has 8 nitrogen and oxygen atoms in total. The Bertz CT molecular complexity index is 682. The van der Waals surface area contributed by atoms with Gasteiger partial charge in [-0.05, 0) is 26.7 Å². The van der Waals surface area contributed by atoms with Gasteiger partial charge >= 0.3 is 0 Å². The highest BCUT2D eigenvalue weighted by atomic mass is 16.5. The molecule has 1 fully saturated rings. The van der Waals surface area contributed by atoms with Crippen LogP contribution in [0.3, 0.4) is 0 Å². The van der Waals surface area contributed by atoms with E-state index in [-0.39, 0.29) is 23.8 Å². The highest BCUT2D eigenvalue weighted by molar-refractivity contribution is 6.39. The number of carbonyl (C=O) groups excluding carboxylic acids is 2. The second-order valence-electron chi connectivity index (χ2n) is 6.87. The standard InChI is InChI=1S/C17H25N5O3/c1-4-14-18-16(20-25-14)12-6-5-9-21(10-12)17(24)13-7-8-15(23)22(19-13)11(2)3/h11-12H,4-10H2,1-3H3/t12-/m0/s1. The highest BCUT2D eigenvalue weighted by Crippen LogP contribution is 2.26. The molecule has 0 bridgehead atoms. The van der Waals surface area contributed by atoms with Crippen LogP contribution in [-0.2, 0) is 16.0 Å². The molecule has 8 heteroatoms. The molecule has 0 aliphatic carbocycles. The van der Waals surface area contributed by atoms with Crippen molar-refractivity contribution >= 4 is 17.5 Å². The Kier molecular flexibility index (Phi) is 5.15. The number of rotatable bonds is 4. The van der Waals surface area contributed by atoms with Crippen molar-refractivity contribution in [2.75, 3.05) is 13.1 Å². The summed E-state index contributed by atoms with van der Waals surface area (Å²) in [6.45, 7) is 7.02. The molecule has 0 N–H and O–H groups in total. The summed E-state index contributed by atoms with van der Waals surface area (Å²) in [7, 11) is 0. The van der Waals surface area contributed by atoms with E-state index in [1.807, 2.05) is 25.7 Å². The Balaban J connectivity index is 1.71. The predicted octanol–water partition coefficient (Wildman–Crippen LogP) is 1.72. The summed E-state index contributed by atoms with van der Waals surface area (Å²) in [6, 6.07) is -0.0449. The van der Waals surface area contributed by atoms with Gasteiger partial charge in [0, 0.05) is 44.3 Å². The molecule has 2 aliphatic heterocycles. The van der Waals surface area contributed by atoms with Gasteiger partial charge in [-0.15, -0.1) is 0 Å². The lowest BCUT2D eigenvalue weighted by molar-refractivity contribution is -0.133. The van der Waals surface area contributed by atoms with Crippen molar-refractivity contribution in [3.63, 3.8) is 0 Å². The third-order valence-corrected chi connectivity index (χ3v) is 4.66. The Morgan fingerprint density at radius 1 is 1.36 bits per heavy atom. The number of likely N-dealkylation sites (tertiary alicyclic amines) is 1. The van der Waals surface area contributed by atoms with E-state index in [0.29, 0.717) is 49.8 Å². The first-order valence-corrected chi connectivity index (χ1v) is 9.00. The second-order valence-corrected chi connectivity index (χ2v) is 6.87. The van der Waals surface area contributed by atoms with Crippen LogP contribution in [0.25, 0.3) is 0 Å². The third-order valence-electron chi connectivity index (χ3n) is 4.66. The Morgan fingerprint density at radius 3 is 2.84 bits per heavy atom. The van der Waals surface area contributed by atoms with E-state index in [4.69, 9.17) is 4.52 Å². The van der Waals surface area contributed by atoms with Crippen LogP contribution >= 0.6 is 0 Å². The summed E-state index contributed by atoms with van der Waals surface area (Å²) >= 11 is 0. The Morgan fingerprint density at radius 2 is 2.16 bits per heavy atom. The number of hydrazone groups is 1. The fraction of sp³-hybridized carbons (Fsp3) is 0.706. The first-order valence-electron chi connectivity index (χ1n) is 9.00.